The first-order valence-electron chi connectivity index (χ1n) is 18.4. The van der Waals surface area contributed by atoms with Crippen LogP contribution in [0.4, 0.5) is 41.9 Å². The second-order valence-electron chi connectivity index (χ2n) is 12.8. The van der Waals surface area contributed by atoms with Gasteiger partial charge in [-0.25, -0.2) is 28.9 Å². The van der Waals surface area contributed by atoms with Crippen LogP contribution in [0.25, 0.3) is 0 Å². The fraction of sp³-hybridized carbons (Fsp3) is 0.447. The third-order valence-corrected chi connectivity index (χ3v) is 11.5. The van der Waals surface area contributed by atoms with Gasteiger partial charge in [0.25, 0.3) is 5.91 Å². The van der Waals surface area contributed by atoms with E-state index in [0.29, 0.717) is 29.3 Å². The Morgan fingerprint density at radius 2 is 1.44 bits per heavy atom. The Bertz CT molecular complexity index is 1850. The van der Waals surface area contributed by atoms with E-state index in [1.54, 1.807) is 45.0 Å². The SMILES string of the molecule is C=CC(=O)OCCOC(=O)Nc1cc(NC(=O)OC(C)COC(=O)Nc2ccc(C)c(N3C(=O)C(CC(=O)OCC)N(CCC[Si](OC)(OC)OC)C3=O)c2)ccc1C. The van der Waals surface area contributed by atoms with Crippen LogP contribution in [0, 0.1) is 13.8 Å². The molecule has 20 nitrogen and oxygen atoms in total. The third-order valence-electron chi connectivity index (χ3n) is 8.70. The van der Waals surface area contributed by atoms with Crippen molar-refractivity contribution in [2.75, 3.05) is 75.2 Å². The van der Waals surface area contributed by atoms with E-state index >= 15 is 0 Å². The summed E-state index contributed by atoms with van der Waals surface area (Å²) in [5.74, 6) is -1.95. The van der Waals surface area contributed by atoms with Crippen molar-refractivity contribution in [1.82, 2.24) is 4.90 Å². The number of esters is 2. The van der Waals surface area contributed by atoms with Crippen molar-refractivity contribution >= 4 is 73.7 Å². The van der Waals surface area contributed by atoms with Crippen LogP contribution < -0.4 is 20.9 Å². The standard InChI is InChI=1S/C38H51N5O15Si/c1-9-32(44)55-17-18-56-36(48)41-29-20-27(14-12-24(29)3)40-37(49)58-26(5)23-57-35(47)39-28-15-13-25(4)30(21-28)43-34(46)31(22-33(45)54-10-2)42(38(43)50)16-11-19-59(51-6,52-7)53-8/h9,12-15,20-21,26,31H,1,10-11,16-19,22-23H2,2-8H3,(H,39,47)(H,40,49)(H,41,48). The van der Waals surface area contributed by atoms with Crippen molar-refractivity contribution in [3.05, 3.63) is 60.2 Å². The number of anilines is 4. The number of urea groups is 1. The molecule has 0 radical (unpaired) electrons. The topological polar surface area (TPSA) is 236 Å². The summed E-state index contributed by atoms with van der Waals surface area (Å²) in [6, 6.07) is 7.77. The van der Waals surface area contributed by atoms with Gasteiger partial charge in [-0.15, -0.1) is 0 Å². The predicted molar refractivity (Wildman–Crippen MR) is 214 cm³/mol. The van der Waals surface area contributed by atoms with Crippen LogP contribution in [0.1, 0.15) is 37.8 Å². The Morgan fingerprint density at radius 1 is 0.831 bits per heavy atom. The summed E-state index contributed by atoms with van der Waals surface area (Å²) < 4.78 is 41.8. The fourth-order valence-electron chi connectivity index (χ4n) is 5.66. The van der Waals surface area contributed by atoms with E-state index in [0.717, 1.165) is 11.0 Å². The zero-order chi connectivity index (χ0) is 43.7. The lowest BCUT2D eigenvalue weighted by Crippen LogP contribution is -2.44. The Kier molecular flexibility index (Phi) is 18.3. The van der Waals surface area contributed by atoms with Crippen molar-refractivity contribution in [3.8, 4) is 0 Å². The Hall–Kier alpha value is -6.03. The van der Waals surface area contributed by atoms with Gasteiger partial charge in [0.05, 0.1) is 18.7 Å². The zero-order valence-electron chi connectivity index (χ0n) is 34.1. The van der Waals surface area contributed by atoms with Crippen molar-refractivity contribution in [2.24, 2.45) is 0 Å². The van der Waals surface area contributed by atoms with E-state index in [2.05, 4.69) is 22.5 Å². The molecule has 1 saturated heterocycles. The summed E-state index contributed by atoms with van der Waals surface area (Å²) >= 11 is 0. The van der Waals surface area contributed by atoms with Crippen LogP contribution >= 0.6 is 0 Å². The molecule has 6 amide bonds. The molecule has 2 unspecified atom stereocenters. The second-order valence-corrected chi connectivity index (χ2v) is 15.9. The molecule has 0 spiro atoms. The van der Waals surface area contributed by atoms with Crippen LogP contribution in [0.15, 0.2) is 49.1 Å². The number of imide groups is 1. The molecule has 3 rings (SSSR count). The van der Waals surface area contributed by atoms with Gasteiger partial charge in [-0.1, -0.05) is 18.7 Å². The highest BCUT2D eigenvalue weighted by molar-refractivity contribution is 6.60. The minimum absolute atomic E-state index is 0.0798. The fourth-order valence-corrected chi connectivity index (χ4v) is 7.37. The normalized spacial score (nSPS) is 14.3. The van der Waals surface area contributed by atoms with E-state index in [1.807, 2.05) is 0 Å². The van der Waals surface area contributed by atoms with E-state index in [-0.39, 0.29) is 56.5 Å². The maximum absolute atomic E-state index is 13.8. The van der Waals surface area contributed by atoms with Crippen molar-refractivity contribution < 1.29 is 70.5 Å². The van der Waals surface area contributed by atoms with Crippen LogP contribution in [0.2, 0.25) is 6.04 Å². The number of amides is 6. The van der Waals surface area contributed by atoms with Gasteiger partial charge in [-0.05, 0) is 69.5 Å². The molecule has 3 N–H and O–H groups in total. The predicted octanol–water partition coefficient (Wildman–Crippen LogP) is 5.13. The molecule has 0 bridgehead atoms. The maximum atomic E-state index is 13.8. The van der Waals surface area contributed by atoms with E-state index < -0.39 is 63.1 Å². The second kappa shape index (κ2) is 22.8. The smallest absolute Gasteiger partial charge is 0.466 e. The third kappa shape index (κ3) is 13.8. The number of benzene rings is 2. The summed E-state index contributed by atoms with van der Waals surface area (Å²) in [7, 11) is 1.40. The van der Waals surface area contributed by atoms with Gasteiger partial charge in [0.1, 0.15) is 32.0 Å². The number of hydrogen-bond acceptors (Lipinski definition) is 15. The van der Waals surface area contributed by atoms with Gasteiger partial charge in [0.15, 0.2) is 0 Å². The summed E-state index contributed by atoms with van der Waals surface area (Å²) in [4.78, 5) is 91.1. The Morgan fingerprint density at radius 3 is 2.08 bits per heavy atom. The van der Waals surface area contributed by atoms with Crippen LogP contribution in [0.5, 0.6) is 0 Å². The molecule has 1 heterocycles. The highest BCUT2D eigenvalue weighted by atomic mass is 28.4. The number of ether oxygens (including phenoxy) is 5. The first kappa shape index (κ1) is 47.3. The molecular formula is C38H51N5O15Si. The van der Waals surface area contributed by atoms with Gasteiger partial charge in [-0.3, -0.25) is 25.5 Å². The number of nitrogens with zero attached hydrogens (tertiary/aromatic N) is 2. The van der Waals surface area contributed by atoms with E-state index in [1.165, 1.54) is 45.3 Å². The largest absolute Gasteiger partial charge is 0.500 e. The van der Waals surface area contributed by atoms with Crippen molar-refractivity contribution in [1.29, 1.82) is 0 Å². The molecule has 322 valence electrons. The Labute approximate surface area is 342 Å². The number of carbonyl (C=O) groups excluding carboxylic acids is 7. The van der Waals surface area contributed by atoms with Gasteiger partial charge in [-0.2, -0.15) is 0 Å². The molecule has 1 aliphatic rings. The minimum atomic E-state index is -3.00. The molecule has 59 heavy (non-hydrogen) atoms. The molecule has 0 saturated carbocycles. The van der Waals surface area contributed by atoms with E-state index in [4.69, 9.17) is 37.0 Å². The van der Waals surface area contributed by atoms with Gasteiger partial charge in [0, 0.05) is 57.1 Å². The average Bonchev–Trinajstić information content (AvgIpc) is 3.43. The number of rotatable bonds is 21. The van der Waals surface area contributed by atoms with Crippen molar-refractivity contribution in [3.63, 3.8) is 0 Å². The minimum Gasteiger partial charge on any atom is -0.466 e. The summed E-state index contributed by atoms with van der Waals surface area (Å²) in [5, 5.41) is 7.60. The molecule has 0 aliphatic carbocycles. The van der Waals surface area contributed by atoms with Gasteiger partial charge in [0.2, 0.25) is 0 Å². The molecule has 2 aromatic rings. The molecular weight excluding hydrogens is 795 g/mol. The average molecular weight is 846 g/mol. The lowest BCUT2D eigenvalue weighted by Gasteiger charge is -2.26. The lowest BCUT2D eigenvalue weighted by molar-refractivity contribution is -0.145. The van der Waals surface area contributed by atoms with Gasteiger partial charge < -0.3 is 41.9 Å². The molecule has 2 aromatic carbocycles. The summed E-state index contributed by atoms with van der Waals surface area (Å²) in [6.45, 7) is 9.27. The quantitative estimate of drug-likeness (QED) is 0.0369. The Balaban J connectivity index is 1.59. The van der Waals surface area contributed by atoms with Crippen LogP contribution in [0.3, 0.4) is 0 Å². The maximum Gasteiger partial charge on any atom is 0.500 e. The van der Waals surface area contributed by atoms with Crippen molar-refractivity contribution in [2.45, 2.75) is 58.7 Å². The molecule has 21 heteroatoms. The highest BCUT2D eigenvalue weighted by Gasteiger charge is 2.48. The molecule has 2 atom stereocenters. The molecule has 0 aromatic heterocycles. The highest BCUT2D eigenvalue weighted by Crippen LogP contribution is 2.32. The number of nitrogens with one attached hydrogen (secondary N) is 3. The summed E-state index contributed by atoms with van der Waals surface area (Å²) in [5.41, 5.74) is 2.14. The lowest BCUT2D eigenvalue weighted by atomic mass is 10.1. The van der Waals surface area contributed by atoms with Gasteiger partial charge >= 0.3 is 45.1 Å². The zero-order valence-corrected chi connectivity index (χ0v) is 35.1. The van der Waals surface area contributed by atoms with Crippen LogP contribution in [-0.4, -0.2) is 122 Å². The summed E-state index contributed by atoms with van der Waals surface area (Å²) in [6.07, 6.45) is -2.56. The van der Waals surface area contributed by atoms with E-state index in [9.17, 15) is 33.6 Å². The number of hydrogen-bond donors (Lipinski definition) is 3. The number of aryl methyl sites for hydroxylation is 2. The monoisotopic (exact) mass is 845 g/mol. The first-order valence-corrected chi connectivity index (χ1v) is 20.3. The molecule has 1 aliphatic heterocycles. The molecule has 1 fully saturated rings. The first-order chi connectivity index (χ1) is 28.1. The number of carbonyl (C=O) groups is 7. The van der Waals surface area contributed by atoms with Crippen LogP contribution in [-0.2, 0) is 51.3 Å².